The van der Waals surface area contributed by atoms with E-state index in [0.717, 1.165) is 24.9 Å². The van der Waals surface area contributed by atoms with Crippen LogP contribution in [-0.4, -0.2) is 18.1 Å². The van der Waals surface area contributed by atoms with Crippen LogP contribution in [-0.2, 0) is 0 Å². The molecular formula is C17H13BrIN3O3S. The molecule has 26 heavy (non-hydrogen) atoms. The van der Waals surface area contributed by atoms with E-state index >= 15 is 0 Å². The van der Waals surface area contributed by atoms with E-state index in [1.165, 1.54) is 0 Å². The molecule has 1 amide bonds. The van der Waals surface area contributed by atoms with Gasteiger partial charge in [0.25, 0.3) is 0 Å². The van der Waals surface area contributed by atoms with Crippen molar-refractivity contribution in [1.29, 1.82) is 0 Å². The summed E-state index contributed by atoms with van der Waals surface area (Å²) in [7, 11) is 1.60. The van der Waals surface area contributed by atoms with E-state index in [4.69, 9.17) is 21.4 Å². The van der Waals surface area contributed by atoms with Crippen molar-refractivity contribution in [2.75, 3.05) is 12.4 Å². The van der Waals surface area contributed by atoms with E-state index < -0.39 is 5.91 Å². The first-order chi connectivity index (χ1) is 12.5. The minimum absolute atomic E-state index is 0.191. The molecule has 3 rings (SSSR count). The second kappa shape index (κ2) is 8.23. The quantitative estimate of drug-likeness (QED) is 0.257. The normalized spacial score (nSPS) is 10.4. The maximum Gasteiger partial charge on any atom is 0.305 e. The lowest BCUT2D eigenvalue weighted by Crippen LogP contribution is -2.43. The van der Waals surface area contributed by atoms with Gasteiger partial charge in [-0.25, -0.2) is 0 Å². The van der Waals surface area contributed by atoms with E-state index in [2.05, 4.69) is 54.7 Å². The Bertz CT molecular complexity index is 975. The maximum atomic E-state index is 12.3. The third-order valence-corrected chi connectivity index (χ3v) is 4.86. The molecule has 134 valence electrons. The molecule has 0 aliphatic carbocycles. The summed E-state index contributed by atoms with van der Waals surface area (Å²) in [5, 5.41) is 4.04. The highest BCUT2D eigenvalue weighted by atomic mass is 127. The molecule has 0 unspecified atom stereocenters. The van der Waals surface area contributed by atoms with Crippen molar-refractivity contribution >= 4 is 78.4 Å². The third-order valence-electron chi connectivity index (χ3n) is 3.40. The first kappa shape index (κ1) is 18.9. The van der Waals surface area contributed by atoms with Crippen LogP contribution in [0.15, 0.2) is 51.4 Å². The Balaban J connectivity index is 1.61. The number of halogens is 2. The second-order valence-electron chi connectivity index (χ2n) is 5.18. The first-order valence-electron chi connectivity index (χ1n) is 7.36. The molecule has 0 saturated heterocycles. The highest BCUT2D eigenvalue weighted by Crippen LogP contribution is 2.28. The lowest BCUT2D eigenvalue weighted by atomic mass is 10.2. The molecule has 3 aromatic rings. The van der Waals surface area contributed by atoms with Crippen LogP contribution in [0.4, 0.5) is 5.69 Å². The Morgan fingerprint density at radius 3 is 2.62 bits per heavy atom. The molecule has 0 fully saturated rings. The molecule has 0 spiro atoms. The van der Waals surface area contributed by atoms with E-state index in [1.807, 2.05) is 24.3 Å². The van der Waals surface area contributed by atoms with Gasteiger partial charge < -0.3 is 14.5 Å². The number of hydrogen-bond acceptors (Lipinski definition) is 4. The zero-order valence-corrected chi connectivity index (χ0v) is 18.0. The fourth-order valence-corrected chi connectivity index (χ4v) is 4.03. The van der Waals surface area contributed by atoms with Crippen LogP contribution in [0.5, 0.6) is 5.75 Å². The van der Waals surface area contributed by atoms with Gasteiger partial charge >= 0.3 is 5.91 Å². The van der Waals surface area contributed by atoms with E-state index in [9.17, 15) is 4.79 Å². The Kier molecular flexibility index (Phi) is 5.99. The lowest BCUT2D eigenvalue weighted by molar-refractivity contribution is 0.0918. The summed E-state index contributed by atoms with van der Waals surface area (Å²) in [6.45, 7) is 0. The number of anilines is 1. The maximum absolute atomic E-state index is 12.3. The summed E-state index contributed by atoms with van der Waals surface area (Å²) in [6, 6.07) is 12.7. The van der Waals surface area contributed by atoms with Crippen molar-refractivity contribution in [3.8, 4) is 5.75 Å². The Morgan fingerprint density at radius 1 is 1.19 bits per heavy atom. The monoisotopic (exact) mass is 545 g/mol. The number of furan rings is 1. The number of benzene rings is 2. The van der Waals surface area contributed by atoms with Gasteiger partial charge in [0.1, 0.15) is 11.3 Å². The first-order valence-corrected chi connectivity index (χ1v) is 9.64. The zero-order chi connectivity index (χ0) is 18.7. The topological polar surface area (TPSA) is 75.5 Å². The molecule has 0 saturated carbocycles. The van der Waals surface area contributed by atoms with Crippen molar-refractivity contribution in [3.05, 3.63) is 56.3 Å². The van der Waals surface area contributed by atoms with Gasteiger partial charge in [0.2, 0.25) is 0 Å². The van der Waals surface area contributed by atoms with Crippen LogP contribution in [0.1, 0.15) is 10.6 Å². The van der Waals surface area contributed by atoms with Crippen molar-refractivity contribution in [1.82, 2.24) is 10.9 Å². The number of thiocarbonyl (C=S) groups is 1. The molecule has 9 heteroatoms. The number of hydrazine groups is 1. The minimum atomic E-state index is -0.424. The van der Waals surface area contributed by atoms with Crippen molar-refractivity contribution in [2.45, 2.75) is 0 Å². The van der Waals surface area contributed by atoms with Gasteiger partial charge in [-0.2, -0.15) is 0 Å². The summed E-state index contributed by atoms with van der Waals surface area (Å²) >= 11 is 10.7. The minimum Gasteiger partial charge on any atom is -0.497 e. The Hall–Kier alpha value is -1.85. The smallest absolute Gasteiger partial charge is 0.305 e. The van der Waals surface area contributed by atoms with Crippen LogP contribution in [0, 0.1) is 3.57 Å². The Morgan fingerprint density at radius 2 is 1.92 bits per heavy atom. The average molecular weight is 546 g/mol. The highest BCUT2D eigenvalue weighted by Gasteiger charge is 2.14. The number of fused-ring (bicyclic) bond motifs is 1. The lowest BCUT2D eigenvalue weighted by Gasteiger charge is -2.11. The molecule has 0 aliphatic heterocycles. The molecule has 0 atom stereocenters. The number of ether oxygens (including phenoxy) is 1. The highest BCUT2D eigenvalue weighted by molar-refractivity contribution is 14.1. The molecule has 0 aliphatic rings. The van der Waals surface area contributed by atoms with Crippen LogP contribution in [0.25, 0.3) is 11.0 Å². The molecule has 2 aromatic carbocycles. The predicted octanol–water partition coefficient (Wildman–Crippen LogP) is 4.44. The van der Waals surface area contributed by atoms with Gasteiger partial charge in [-0.1, -0.05) is 15.9 Å². The zero-order valence-electron chi connectivity index (χ0n) is 13.4. The summed E-state index contributed by atoms with van der Waals surface area (Å²) in [5.41, 5.74) is 6.59. The number of carbonyl (C=O) groups is 1. The molecule has 1 heterocycles. The van der Waals surface area contributed by atoms with Gasteiger partial charge in [-0.05, 0) is 77.3 Å². The molecule has 0 bridgehead atoms. The standard InChI is InChI=1S/C17H13BrIN3O3S/c1-24-12-4-2-11(3-5-12)20-17(26)22-21-16(23)14-7-9-6-10(18)8-13(19)15(9)25-14/h2-8H,1H3,(H,21,23)(H2,20,22,26). The molecule has 3 N–H and O–H groups in total. The summed E-state index contributed by atoms with van der Waals surface area (Å²) in [5.74, 6) is 0.511. The number of methoxy groups -OCH3 is 1. The van der Waals surface area contributed by atoms with E-state index in [-0.39, 0.29) is 10.9 Å². The summed E-state index contributed by atoms with van der Waals surface area (Å²) in [4.78, 5) is 12.3. The Labute approximate surface area is 176 Å². The van der Waals surface area contributed by atoms with Crippen LogP contribution in [0.2, 0.25) is 0 Å². The fourth-order valence-electron chi connectivity index (χ4n) is 2.20. The van der Waals surface area contributed by atoms with Gasteiger partial charge in [-0.3, -0.25) is 15.6 Å². The average Bonchev–Trinajstić information content (AvgIpc) is 3.05. The summed E-state index contributed by atoms with van der Waals surface area (Å²) < 4.78 is 12.6. The number of amides is 1. The number of rotatable bonds is 3. The number of carbonyl (C=O) groups excluding carboxylic acids is 1. The van der Waals surface area contributed by atoms with Gasteiger partial charge in [0.15, 0.2) is 10.9 Å². The van der Waals surface area contributed by atoms with Gasteiger partial charge in [-0.15, -0.1) is 0 Å². The molecule has 0 radical (unpaired) electrons. The van der Waals surface area contributed by atoms with E-state index in [1.54, 1.807) is 25.3 Å². The predicted molar refractivity (Wildman–Crippen MR) is 116 cm³/mol. The summed E-state index contributed by atoms with van der Waals surface area (Å²) in [6.07, 6.45) is 0. The SMILES string of the molecule is COc1ccc(NC(=S)NNC(=O)c2cc3cc(Br)cc(I)c3o2)cc1. The number of hydrogen-bond donors (Lipinski definition) is 3. The van der Waals surface area contributed by atoms with Gasteiger partial charge in [0, 0.05) is 15.5 Å². The van der Waals surface area contributed by atoms with Gasteiger partial charge in [0.05, 0.1) is 10.7 Å². The number of nitrogens with one attached hydrogen (secondary N) is 3. The van der Waals surface area contributed by atoms with Crippen LogP contribution in [0.3, 0.4) is 0 Å². The molecule has 1 aromatic heterocycles. The third kappa shape index (κ3) is 4.46. The van der Waals surface area contributed by atoms with E-state index in [0.29, 0.717) is 5.58 Å². The second-order valence-corrected chi connectivity index (χ2v) is 7.66. The van der Waals surface area contributed by atoms with Crippen molar-refractivity contribution < 1.29 is 13.9 Å². The molecular weight excluding hydrogens is 533 g/mol. The van der Waals surface area contributed by atoms with Crippen LogP contribution >= 0.6 is 50.7 Å². The van der Waals surface area contributed by atoms with Crippen molar-refractivity contribution in [3.63, 3.8) is 0 Å². The molecule has 6 nitrogen and oxygen atoms in total. The van der Waals surface area contributed by atoms with Crippen molar-refractivity contribution in [2.24, 2.45) is 0 Å². The van der Waals surface area contributed by atoms with Crippen LogP contribution < -0.4 is 20.9 Å². The fraction of sp³-hybridized carbons (Fsp3) is 0.0588. The largest absolute Gasteiger partial charge is 0.497 e.